The van der Waals surface area contributed by atoms with Crippen LogP contribution in [0.2, 0.25) is 0 Å². The van der Waals surface area contributed by atoms with E-state index in [-0.39, 0.29) is 23.8 Å². The highest BCUT2D eigenvalue weighted by Crippen LogP contribution is 2.48. The minimum Gasteiger partial charge on any atom is -0.481 e. The Balaban J connectivity index is 1.58. The highest BCUT2D eigenvalue weighted by molar-refractivity contribution is 5.92. The summed E-state index contributed by atoms with van der Waals surface area (Å²) in [5, 5.41) is 12.6. The van der Waals surface area contributed by atoms with E-state index in [1.807, 2.05) is 29.2 Å². The fourth-order valence-electron chi connectivity index (χ4n) is 4.32. The first-order valence-electron chi connectivity index (χ1n) is 9.07. The van der Waals surface area contributed by atoms with Gasteiger partial charge in [0.15, 0.2) is 0 Å². The van der Waals surface area contributed by atoms with Crippen LogP contribution in [0, 0.1) is 11.3 Å². The first-order valence-corrected chi connectivity index (χ1v) is 9.07. The molecule has 2 atom stereocenters. The zero-order valence-electron chi connectivity index (χ0n) is 15.3. The van der Waals surface area contributed by atoms with Crippen molar-refractivity contribution in [2.75, 3.05) is 25.0 Å². The van der Waals surface area contributed by atoms with Crippen molar-refractivity contribution < 1.29 is 14.7 Å². The van der Waals surface area contributed by atoms with Gasteiger partial charge in [0.25, 0.3) is 0 Å². The van der Waals surface area contributed by atoms with Gasteiger partial charge in [-0.15, -0.1) is 0 Å². The van der Waals surface area contributed by atoms with Crippen LogP contribution >= 0.6 is 0 Å². The van der Waals surface area contributed by atoms with Crippen molar-refractivity contribution in [2.24, 2.45) is 11.3 Å². The van der Waals surface area contributed by atoms with Gasteiger partial charge in [0.05, 0.1) is 12.0 Å². The second kappa shape index (κ2) is 6.45. The molecule has 0 aromatic heterocycles. The average Bonchev–Trinajstić information content (AvgIpc) is 3.04. The van der Waals surface area contributed by atoms with Crippen molar-refractivity contribution in [2.45, 2.75) is 45.4 Å². The van der Waals surface area contributed by atoms with Gasteiger partial charge in [-0.1, -0.05) is 39.3 Å². The van der Waals surface area contributed by atoms with Gasteiger partial charge in [-0.05, 0) is 41.9 Å². The molecule has 25 heavy (non-hydrogen) atoms. The smallest absolute Gasteiger partial charge is 0.311 e. The van der Waals surface area contributed by atoms with Crippen LogP contribution in [0.5, 0.6) is 0 Å². The third-order valence-electron chi connectivity index (χ3n) is 5.77. The molecular formula is C20H28N2O3. The molecular weight excluding hydrogens is 316 g/mol. The van der Waals surface area contributed by atoms with Crippen molar-refractivity contribution in [1.29, 1.82) is 0 Å². The summed E-state index contributed by atoms with van der Waals surface area (Å²) in [4.78, 5) is 26.1. The molecule has 1 saturated heterocycles. The lowest BCUT2D eigenvalue weighted by molar-refractivity contribution is -0.149. The van der Waals surface area contributed by atoms with Crippen molar-refractivity contribution in [1.82, 2.24) is 4.90 Å². The number of amides is 1. The Morgan fingerprint density at radius 2 is 1.96 bits per heavy atom. The lowest BCUT2D eigenvalue weighted by Gasteiger charge is -2.23. The molecule has 0 spiro atoms. The van der Waals surface area contributed by atoms with Gasteiger partial charge in [-0.25, -0.2) is 0 Å². The summed E-state index contributed by atoms with van der Waals surface area (Å²) in [5.74, 6) is -0.594. The largest absolute Gasteiger partial charge is 0.481 e. The van der Waals surface area contributed by atoms with Gasteiger partial charge in [0.1, 0.15) is 0 Å². The van der Waals surface area contributed by atoms with Crippen LogP contribution < -0.4 is 5.32 Å². The third kappa shape index (κ3) is 3.56. The Kier molecular flexibility index (Phi) is 4.62. The van der Waals surface area contributed by atoms with Crippen molar-refractivity contribution in [3.8, 4) is 0 Å². The molecule has 5 heteroatoms. The number of carboxylic acids is 1. The Hall–Kier alpha value is -1.88. The molecule has 0 bridgehead atoms. The maximum atomic E-state index is 12.3. The van der Waals surface area contributed by atoms with E-state index in [0.29, 0.717) is 13.1 Å². The van der Waals surface area contributed by atoms with Gasteiger partial charge in [0.2, 0.25) is 5.91 Å². The molecule has 5 nitrogen and oxygen atoms in total. The zero-order valence-corrected chi connectivity index (χ0v) is 15.3. The lowest BCUT2D eigenvalue weighted by atomic mass is 9.81. The van der Waals surface area contributed by atoms with E-state index in [2.05, 4.69) is 26.1 Å². The minimum absolute atomic E-state index is 0.0796. The van der Waals surface area contributed by atoms with Gasteiger partial charge in [-0.3, -0.25) is 14.5 Å². The van der Waals surface area contributed by atoms with E-state index in [4.69, 9.17) is 0 Å². The number of nitrogens with zero attached hydrogens (tertiary/aromatic N) is 1. The molecule has 0 radical (unpaired) electrons. The van der Waals surface area contributed by atoms with E-state index in [1.165, 1.54) is 5.56 Å². The number of carbonyl (C=O) groups is 2. The summed E-state index contributed by atoms with van der Waals surface area (Å²) < 4.78 is 0. The monoisotopic (exact) mass is 344 g/mol. The van der Waals surface area contributed by atoms with Crippen LogP contribution in [0.15, 0.2) is 24.3 Å². The fourth-order valence-corrected chi connectivity index (χ4v) is 4.32. The molecule has 1 saturated carbocycles. The SMILES string of the molecule is CC(C)(C)c1ccc(NC(=O)CN2C[C@@H]3CCC[C@@]3(C(=O)O)C2)cc1. The van der Waals surface area contributed by atoms with E-state index >= 15 is 0 Å². The van der Waals surface area contributed by atoms with E-state index < -0.39 is 11.4 Å². The van der Waals surface area contributed by atoms with Crippen LogP contribution in [-0.4, -0.2) is 41.5 Å². The topological polar surface area (TPSA) is 69.6 Å². The van der Waals surface area contributed by atoms with Crippen molar-refractivity contribution >= 4 is 17.6 Å². The molecule has 136 valence electrons. The minimum atomic E-state index is -0.698. The molecule has 1 aliphatic carbocycles. The number of anilines is 1. The lowest BCUT2D eigenvalue weighted by Crippen LogP contribution is -2.37. The van der Waals surface area contributed by atoms with Gasteiger partial charge >= 0.3 is 5.97 Å². The van der Waals surface area contributed by atoms with Gasteiger partial charge < -0.3 is 10.4 Å². The summed E-state index contributed by atoms with van der Waals surface area (Å²) >= 11 is 0. The molecule has 1 aliphatic heterocycles. The Labute approximate surface area is 149 Å². The predicted octanol–water partition coefficient (Wildman–Crippen LogP) is 3.11. The number of aliphatic carboxylic acids is 1. The number of nitrogens with one attached hydrogen (secondary N) is 1. The number of fused-ring (bicyclic) bond motifs is 1. The van der Waals surface area contributed by atoms with Crippen LogP contribution in [0.4, 0.5) is 5.69 Å². The quantitative estimate of drug-likeness (QED) is 0.880. The van der Waals surface area contributed by atoms with Gasteiger partial charge in [0, 0.05) is 18.8 Å². The number of carbonyl (C=O) groups excluding carboxylic acids is 1. The molecule has 3 rings (SSSR count). The Bertz CT molecular complexity index is 663. The van der Waals surface area contributed by atoms with Crippen LogP contribution in [0.25, 0.3) is 0 Å². The summed E-state index contributed by atoms with van der Waals surface area (Å²) in [6.07, 6.45) is 2.68. The molecule has 2 N–H and O–H groups in total. The van der Waals surface area contributed by atoms with Crippen LogP contribution in [-0.2, 0) is 15.0 Å². The van der Waals surface area contributed by atoms with E-state index in [0.717, 1.165) is 24.9 Å². The Morgan fingerprint density at radius 1 is 1.28 bits per heavy atom. The Morgan fingerprint density at radius 3 is 2.52 bits per heavy atom. The van der Waals surface area contributed by atoms with Gasteiger partial charge in [-0.2, -0.15) is 0 Å². The highest BCUT2D eigenvalue weighted by atomic mass is 16.4. The second-order valence-electron chi connectivity index (χ2n) is 8.60. The first kappa shape index (κ1) is 17.9. The summed E-state index contributed by atoms with van der Waals surface area (Å²) in [7, 11) is 0. The third-order valence-corrected chi connectivity index (χ3v) is 5.77. The molecule has 2 fully saturated rings. The number of hydrogen-bond acceptors (Lipinski definition) is 3. The van der Waals surface area contributed by atoms with Crippen molar-refractivity contribution in [3.05, 3.63) is 29.8 Å². The predicted molar refractivity (Wildman–Crippen MR) is 97.6 cm³/mol. The number of carboxylic acid groups (broad SMARTS) is 1. The molecule has 0 unspecified atom stereocenters. The summed E-state index contributed by atoms with van der Waals surface area (Å²) in [6, 6.07) is 7.93. The zero-order chi connectivity index (χ0) is 18.2. The van der Waals surface area contributed by atoms with Crippen LogP contribution in [0.3, 0.4) is 0 Å². The van der Waals surface area contributed by atoms with Crippen molar-refractivity contribution in [3.63, 3.8) is 0 Å². The number of rotatable bonds is 4. The number of hydrogen-bond donors (Lipinski definition) is 2. The maximum Gasteiger partial charge on any atom is 0.311 e. The normalized spacial score (nSPS) is 26.4. The number of likely N-dealkylation sites (tertiary alicyclic amines) is 1. The standard InChI is InChI=1S/C20H28N2O3/c1-19(2,3)14-6-8-16(9-7-14)21-17(23)12-22-11-15-5-4-10-20(15,13-22)18(24)25/h6-9,15H,4-5,10-13H2,1-3H3,(H,21,23)(H,24,25)/t15-,20+/m0/s1. The second-order valence-corrected chi connectivity index (χ2v) is 8.60. The molecule has 1 aromatic rings. The number of benzene rings is 1. The van der Waals surface area contributed by atoms with E-state index in [9.17, 15) is 14.7 Å². The fraction of sp³-hybridized carbons (Fsp3) is 0.600. The highest BCUT2D eigenvalue weighted by Gasteiger charge is 2.54. The van der Waals surface area contributed by atoms with Crippen LogP contribution in [0.1, 0.15) is 45.6 Å². The average molecular weight is 344 g/mol. The molecule has 1 heterocycles. The maximum absolute atomic E-state index is 12.3. The summed E-state index contributed by atoms with van der Waals surface area (Å²) in [5.41, 5.74) is 1.46. The molecule has 1 aromatic carbocycles. The first-order chi connectivity index (χ1) is 11.7. The summed E-state index contributed by atoms with van der Waals surface area (Å²) in [6.45, 7) is 7.92. The van der Waals surface area contributed by atoms with E-state index in [1.54, 1.807) is 0 Å². The molecule has 2 aliphatic rings. The molecule has 1 amide bonds.